The van der Waals surface area contributed by atoms with Crippen LogP contribution in [0.2, 0.25) is 5.02 Å². The van der Waals surface area contributed by atoms with Gasteiger partial charge >= 0.3 is 0 Å². The molecule has 0 atom stereocenters. The molecule has 1 amide bonds. The molecule has 0 aliphatic heterocycles. The molecule has 0 saturated carbocycles. The number of aromatic nitrogens is 1. The van der Waals surface area contributed by atoms with Crippen molar-refractivity contribution in [1.82, 2.24) is 5.16 Å². The Balaban J connectivity index is 2.29. The smallest absolute Gasteiger partial charge is 0.270 e. The number of amides is 1. The number of halogens is 1. The molecule has 1 aromatic heterocycles. The van der Waals surface area contributed by atoms with Crippen LogP contribution in [0.5, 0.6) is 0 Å². The van der Waals surface area contributed by atoms with Crippen molar-refractivity contribution in [1.29, 1.82) is 5.26 Å². The zero-order valence-corrected chi connectivity index (χ0v) is 11.7. The predicted octanol–water partition coefficient (Wildman–Crippen LogP) is 3.07. The molecule has 2 N–H and O–H groups in total. The van der Waals surface area contributed by atoms with Crippen molar-refractivity contribution < 1.29 is 14.4 Å². The van der Waals surface area contributed by atoms with Gasteiger partial charge in [0, 0.05) is 10.7 Å². The van der Waals surface area contributed by atoms with Gasteiger partial charge < -0.3 is 14.9 Å². The van der Waals surface area contributed by atoms with E-state index in [9.17, 15) is 9.90 Å². The highest BCUT2D eigenvalue weighted by atomic mass is 35.5. The second-order valence-corrected chi connectivity index (χ2v) is 4.53. The molecule has 106 valence electrons. The number of rotatable bonds is 3. The van der Waals surface area contributed by atoms with Crippen LogP contribution in [0.4, 0.5) is 5.69 Å². The van der Waals surface area contributed by atoms with E-state index in [1.165, 1.54) is 6.20 Å². The topological polar surface area (TPSA) is 99.2 Å². The lowest BCUT2D eigenvalue weighted by atomic mass is 10.1. The first-order valence-electron chi connectivity index (χ1n) is 5.85. The van der Waals surface area contributed by atoms with Crippen LogP contribution >= 0.6 is 11.6 Å². The number of aliphatic hydroxyl groups is 1. The van der Waals surface area contributed by atoms with Gasteiger partial charge in [-0.15, -0.1) is 0 Å². The van der Waals surface area contributed by atoms with Crippen molar-refractivity contribution >= 4 is 29.0 Å². The highest BCUT2D eigenvalue weighted by molar-refractivity contribution is 6.30. The summed E-state index contributed by atoms with van der Waals surface area (Å²) in [7, 11) is 0. The van der Waals surface area contributed by atoms with Crippen molar-refractivity contribution in [3.05, 3.63) is 52.4 Å². The van der Waals surface area contributed by atoms with Crippen LogP contribution < -0.4 is 5.32 Å². The maximum Gasteiger partial charge on any atom is 0.270 e. The van der Waals surface area contributed by atoms with Gasteiger partial charge in [-0.25, -0.2) is 0 Å². The number of carbonyl (C=O) groups is 1. The first-order valence-corrected chi connectivity index (χ1v) is 6.22. The fraction of sp³-hybridized carbons (Fsp3) is 0.0714. The highest BCUT2D eigenvalue weighted by Crippen LogP contribution is 2.21. The number of aliphatic hydroxyl groups excluding tert-OH is 1. The van der Waals surface area contributed by atoms with E-state index in [4.69, 9.17) is 21.4 Å². The molecule has 21 heavy (non-hydrogen) atoms. The predicted molar refractivity (Wildman–Crippen MR) is 76.5 cm³/mol. The summed E-state index contributed by atoms with van der Waals surface area (Å²) in [5.41, 5.74) is 0.209. The maximum absolute atomic E-state index is 12.0. The molecular weight excluding hydrogens is 294 g/mol. The second kappa shape index (κ2) is 6.11. The third kappa shape index (κ3) is 3.22. The van der Waals surface area contributed by atoms with Crippen LogP contribution in [-0.2, 0) is 4.79 Å². The first-order chi connectivity index (χ1) is 10.0. The van der Waals surface area contributed by atoms with Crippen LogP contribution in [-0.4, -0.2) is 16.2 Å². The Hall–Kier alpha value is -2.78. The van der Waals surface area contributed by atoms with Crippen molar-refractivity contribution in [3.63, 3.8) is 0 Å². The van der Waals surface area contributed by atoms with Gasteiger partial charge in [-0.2, -0.15) is 5.26 Å². The molecule has 0 aliphatic rings. The van der Waals surface area contributed by atoms with Crippen molar-refractivity contribution in [2.45, 2.75) is 6.92 Å². The number of nitrogens with one attached hydrogen (secondary N) is 1. The number of hydrogen-bond acceptors (Lipinski definition) is 5. The van der Waals surface area contributed by atoms with Gasteiger partial charge in [0.1, 0.15) is 11.8 Å². The maximum atomic E-state index is 12.0. The summed E-state index contributed by atoms with van der Waals surface area (Å²) in [6.07, 6.45) is 1.23. The molecule has 2 rings (SSSR count). The van der Waals surface area contributed by atoms with E-state index in [-0.39, 0.29) is 5.56 Å². The summed E-state index contributed by atoms with van der Waals surface area (Å²) in [5.74, 6) is -0.917. The quantitative estimate of drug-likeness (QED) is 0.515. The molecule has 2 aromatic rings. The van der Waals surface area contributed by atoms with Crippen molar-refractivity contribution in [2.24, 2.45) is 0 Å². The fourth-order valence-corrected chi connectivity index (χ4v) is 1.72. The lowest BCUT2D eigenvalue weighted by molar-refractivity contribution is -0.112. The number of nitrogens with zero attached hydrogens (tertiary/aromatic N) is 2. The van der Waals surface area contributed by atoms with Crippen LogP contribution in [0.1, 0.15) is 11.3 Å². The number of carbonyl (C=O) groups excluding carboxylic acids is 1. The molecule has 0 fully saturated rings. The molecule has 0 aliphatic carbocycles. The lowest BCUT2D eigenvalue weighted by Crippen LogP contribution is -2.15. The highest BCUT2D eigenvalue weighted by Gasteiger charge is 2.19. The molecule has 0 spiro atoms. The molecule has 6 nitrogen and oxygen atoms in total. The van der Waals surface area contributed by atoms with E-state index in [1.807, 2.05) is 0 Å². The number of aryl methyl sites for hydroxylation is 1. The van der Waals surface area contributed by atoms with Gasteiger partial charge in [0.15, 0.2) is 11.3 Å². The van der Waals surface area contributed by atoms with Gasteiger partial charge in [-0.05, 0) is 31.2 Å². The summed E-state index contributed by atoms with van der Waals surface area (Å²) < 4.78 is 4.79. The molecule has 1 heterocycles. The normalized spacial score (nSPS) is 11.5. The minimum Gasteiger partial charge on any atom is -0.506 e. The number of hydrogen-bond donors (Lipinski definition) is 2. The van der Waals surface area contributed by atoms with E-state index in [0.717, 1.165) is 0 Å². The number of anilines is 1. The molecule has 1 aromatic carbocycles. The molecular formula is C14H10ClN3O3. The zero-order chi connectivity index (χ0) is 15.4. The van der Waals surface area contributed by atoms with Crippen molar-refractivity contribution in [2.75, 3.05) is 5.32 Å². The average Bonchev–Trinajstić information content (AvgIpc) is 2.88. The van der Waals surface area contributed by atoms with Gasteiger partial charge in [0.2, 0.25) is 0 Å². The molecule has 7 heteroatoms. The Morgan fingerprint density at radius 2 is 2.10 bits per heavy atom. The summed E-state index contributed by atoms with van der Waals surface area (Å²) in [4.78, 5) is 12.0. The van der Waals surface area contributed by atoms with E-state index >= 15 is 0 Å². The summed E-state index contributed by atoms with van der Waals surface area (Å²) in [5, 5.41) is 25.6. The van der Waals surface area contributed by atoms with E-state index in [1.54, 1.807) is 37.3 Å². The molecule has 0 unspecified atom stereocenters. The van der Waals surface area contributed by atoms with Crippen molar-refractivity contribution in [3.8, 4) is 6.07 Å². The molecule has 0 radical (unpaired) electrons. The van der Waals surface area contributed by atoms with Crippen LogP contribution in [0.25, 0.3) is 5.76 Å². The summed E-state index contributed by atoms with van der Waals surface area (Å²) in [6.45, 7) is 1.56. The molecule has 0 bridgehead atoms. The van der Waals surface area contributed by atoms with Crippen LogP contribution in [0.3, 0.4) is 0 Å². The number of benzene rings is 1. The van der Waals surface area contributed by atoms with E-state index in [0.29, 0.717) is 16.5 Å². The Morgan fingerprint density at radius 3 is 2.62 bits per heavy atom. The Morgan fingerprint density at radius 1 is 1.43 bits per heavy atom. The van der Waals surface area contributed by atoms with E-state index < -0.39 is 17.2 Å². The van der Waals surface area contributed by atoms with Crippen LogP contribution in [0, 0.1) is 18.3 Å². The zero-order valence-electron chi connectivity index (χ0n) is 10.9. The Bertz CT molecular complexity index is 742. The number of nitriles is 1. The summed E-state index contributed by atoms with van der Waals surface area (Å²) >= 11 is 5.74. The Kier molecular flexibility index (Phi) is 4.26. The third-order valence-electron chi connectivity index (χ3n) is 2.68. The van der Waals surface area contributed by atoms with Gasteiger partial charge in [0.25, 0.3) is 5.91 Å². The van der Waals surface area contributed by atoms with Crippen LogP contribution in [0.15, 0.2) is 40.6 Å². The largest absolute Gasteiger partial charge is 0.506 e. The average molecular weight is 304 g/mol. The summed E-state index contributed by atoms with van der Waals surface area (Å²) in [6, 6.07) is 8.02. The minimum atomic E-state index is -0.738. The minimum absolute atomic E-state index is 0.192. The molecule has 0 saturated heterocycles. The first kappa shape index (κ1) is 14.6. The standard InChI is InChI=1S/C14H10ClN3O3/c1-8-12(7-17-21-8)13(19)11(6-16)14(20)18-10-4-2-9(15)3-5-10/h2-5,7,19H,1H3,(H,18,20)/b13-11-. The monoisotopic (exact) mass is 303 g/mol. The lowest BCUT2D eigenvalue weighted by Gasteiger charge is -2.05. The third-order valence-corrected chi connectivity index (χ3v) is 2.94. The van der Waals surface area contributed by atoms with Gasteiger partial charge in [-0.3, -0.25) is 4.79 Å². The SMILES string of the molecule is Cc1oncc1/C(O)=C(\C#N)C(=O)Nc1ccc(Cl)cc1. The fourth-order valence-electron chi connectivity index (χ4n) is 1.60. The Labute approximate surface area is 125 Å². The van der Waals surface area contributed by atoms with Gasteiger partial charge in [-0.1, -0.05) is 16.8 Å². The second-order valence-electron chi connectivity index (χ2n) is 4.09. The van der Waals surface area contributed by atoms with E-state index in [2.05, 4.69) is 10.5 Å². The van der Waals surface area contributed by atoms with Gasteiger partial charge in [0.05, 0.1) is 11.8 Å².